The van der Waals surface area contributed by atoms with Crippen LogP contribution in [0.4, 0.5) is 0 Å². The molecule has 18 heavy (non-hydrogen) atoms. The number of hydrogen-bond acceptors (Lipinski definition) is 3. The molecule has 0 bridgehead atoms. The molecule has 1 aromatic rings. The van der Waals surface area contributed by atoms with Crippen molar-refractivity contribution in [2.45, 2.75) is 27.2 Å². The van der Waals surface area contributed by atoms with Gasteiger partial charge in [0.25, 0.3) is 0 Å². The molecule has 0 aromatic carbocycles. The highest BCUT2D eigenvalue weighted by Crippen LogP contribution is 2.27. The first-order valence-electron chi connectivity index (χ1n) is 5.81. The average molecular weight is 263 g/mol. The van der Waals surface area contributed by atoms with Crippen LogP contribution in [0.25, 0.3) is 4.91 Å². The molecule has 0 saturated carbocycles. The Hall–Kier alpha value is -1.55. The van der Waals surface area contributed by atoms with Crippen molar-refractivity contribution in [3.05, 3.63) is 46.6 Å². The van der Waals surface area contributed by atoms with Gasteiger partial charge in [-0.25, -0.2) is 4.79 Å². The van der Waals surface area contributed by atoms with Crippen molar-refractivity contribution in [1.29, 1.82) is 0 Å². The molecule has 1 heterocycles. The molecule has 0 spiro atoms. The number of carbonyl (C=O) groups is 1. The number of allylic oxidation sites excluding steroid dienone is 2. The van der Waals surface area contributed by atoms with Gasteiger partial charge in [0.05, 0.1) is 17.0 Å². The van der Waals surface area contributed by atoms with Crippen LogP contribution >= 0.6 is 11.8 Å². The Balaban J connectivity index is 3.15. The Bertz CT molecular complexity index is 493. The predicted molar refractivity (Wildman–Crippen MR) is 76.6 cm³/mol. The highest BCUT2D eigenvalue weighted by atomic mass is 32.2. The summed E-state index contributed by atoms with van der Waals surface area (Å²) in [6, 6.07) is 3.39. The van der Waals surface area contributed by atoms with Gasteiger partial charge in [0.2, 0.25) is 0 Å². The number of nitrogens with zero attached hydrogens (tertiary/aromatic N) is 1. The maximum atomic E-state index is 11.0. The minimum absolute atomic E-state index is 0.285. The molecule has 0 atom stereocenters. The first kappa shape index (κ1) is 14.5. The second kappa shape index (κ2) is 7.01. The van der Waals surface area contributed by atoms with E-state index in [0.29, 0.717) is 12.1 Å². The molecule has 0 aliphatic carbocycles. The van der Waals surface area contributed by atoms with E-state index in [9.17, 15) is 4.79 Å². The van der Waals surface area contributed by atoms with E-state index in [2.05, 4.69) is 4.98 Å². The minimum Gasteiger partial charge on any atom is -0.478 e. The molecule has 96 valence electrons. The van der Waals surface area contributed by atoms with Crippen LogP contribution in [-0.2, 0) is 6.42 Å². The predicted octanol–water partition coefficient (Wildman–Crippen LogP) is 3.97. The molecular formula is C14H17NO2S. The van der Waals surface area contributed by atoms with Crippen LogP contribution in [-0.4, -0.2) is 16.1 Å². The molecule has 0 radical (unpaired) electrons. The number of aryl methyl sites for hydroxylation is 1. The lowest BCUT2D eigenvalue weighted by atomic mass is 10.1. The quantitative estimate of drug-likeness (QED) is 0.873. The summed E-state index contributed by atoms with van der Waals surface area (Å²) in [5.41, 5.74) is 1.73. The molecule has 0 saturated heterocycles. The van der Waals surface area contributed by atoms with Crippen molar-refractivity contribution in [2.75, 3.05) is 0 Å². The molecule has 0 aliphatic rings. The SMILES string of the molecule is C/C=C\S/C(=C\C)c1ccc(C(=O)O)c(CC)n1. The molecule has 0 amide bonds. The van der Waals surface area contributed by atoms with Crippen molar-refractivity contribution < 1.29 is 9.90 Å². The van der Waals surface area contributed by atoms with Gasteiger partial charge in [0.15, 0.2) is 0 Å². The maximum absolute atomic E-state index is 11.0. The van der Waals surface area contributed by atoms with Gasteiger partial charge in [0, 0.05) is 4.91 Å². The number of hydrogen-bond donors (Lipinski definition) is 1. The zero-order valence-electron chi connectivity index (χ0n) is 10.8. The van der Waals surface area contributed by atoms with Gasteiger partial charge in [-0.15, -0.1) is 0 Å². The van der Waals surface area contributed by atoms with Crippen molar-refractivity contribution in [1.82, 2.24) is 4.98 Å². The van der Waals surface area contributed by atoms with Gasteiger partial charge in [0.1, 0.15) is 0 Å². The van der Waals surface area contributed by atoms with E-state index in [1.807, 2.05) is 38.3 Å². The molecular weight excluding hydrogens is 246 g/mol. The summed E-state index contributed by atoms with van der Waals surface area (Å²) in [6.07, 6.45) is 4.55. The summed E-state index contributed by atoms with van der Waals surface area (Å²) in [6.45, 7) is 5.82. The fourth-order valence-corrected chi connectivity index (χ4v) is 2.17. The third-order valence-electron chi connectivity index (χ3n) is 2.39. The minimum atomic E-state index is -0.922. The Kier molecular flexibility index (Phi) is 5.65. The number of carboxylic acid groups (broad SMARTS) is 1. The smallest absolute Gasteiger partial charge is 0.337 e. The molecule has 1 rings (SSSR count). The second-order valence-corrected chi connectivity index (χ2v) is 4.54. The van der Waals surface area contributed by atoms with Gasteiger partial charge in [-0.3, -0.25) is 4.98 Å². The largest absolute Gasteiger partial charge is 0.478 e. The summed E-state index contributed by atoms with van der Waals surface area (Å²) >= 11 is 1.58. The van der Waals surface area contributed by atoms with Crippen molar-refractivity contribution in [2.24, 2.45) is 0 Å². The number of aromatic carboxylic acids is 1. The van der Waals surface area contributed by atoms with E-state index in [1.165, 1.54) is 0 Å². The molecule has 3 nitrogen and oxygen atoms in total. The van der Waals surface area contributed by atoms with E-state index in [1.54, 1.807) is 23.9 Å². The van der Waals surface area contributed by atoms with Crippen molar-refractivity contribution in [3.63, 3.8) is 0 Å². The number of aromatic nitrogens is 1. The third-order valence-corrected chi connectivity index (χ3v) is 3.49. The topological polar surface area (TPSA) is 50.2 Å². The maximum Gasteiger partial charge on any atom is 0.337 e. The van der Waals surface area contributed by atoms with Gasteiger partial charge in [-0.05, 0) is 37.8 Å². The highest BCUT2D eigenvalue weighted by molar-refractivity contribution is 8.10. The van der Waals surface area contributed by atoms with Crippen LogP contribution in [0.5, 0.6) is 0 Å². The molecule has 0 fully saturated rings. The average Bonchev–Trinajstić information content (AvgIpc) is 2.39. The standard InChI is InChI=1S/C14H17NO2S/c1-4-9-18-13(6-3)12-8-7-10(14(16)17)11(5-2)15-12/h4,6-9H,5H2,1-3H3,(H,16,17)/b9-4-,13-6-. The molecule has 4 heteroatoms. The van der Waals surface area contributed by atoms with Crippen LogP contribution in [0.2, 0.25) is 0 Å². The molecule has 1 aromatic heterocycles. The van der Waals surface area contributed by atoms with Crippen LogP contribution in [0.1, 0.15) is 42.5 Å². The Labute approximate surface area is 112 Å². The Morgan fingerprint density at radius 1 is 1.44 bits per heavy atom. The summed E-state index contributed by atoms with van der Waals surface area (Å²) in [4.78, 5) is 16.5. The number of thioether (sulfide) groups is 1. The zero-order valence-corrected chi connectivity index (χ0v) is 11.6. The van der Waals surface area contributed by atoms with Crippen molar-refractivity contribution in [3.8, 4) is 0 Å². The van der Waals surface area contributed by atoms with E-state index in [4.69, 9.17) is 5.11 Å². The Morgan fingerprint density at radius 2 is 2.17 bits per heavy atom. The number of carboxylic acids is 1. The van der Waals surface area contributed by atoms with Crippen LogP contribution in [0.3, 0.4) is 0 Å². The molecule has 0 unspecified atom stereocenters. The molecule has 0 aliphatic heterocycles. The zero-order chi connectivity index (χ0) is 13.5. The highest BCUT2D eigenvalue weighted by Gasteiger charge is 2.12. The van der Waals surface area contributed by atoms with Gasteiger partial charge in [-0.1, -0.05) is 30.8 Å². The van der Waals surface area contributed by atoms with E-state index < -0.39 is 5.97 Å². The summed E-state index contributed by atoms with van der Waals surface area (Å²) in [5, 5.41) is 11.0. The Morgan fingerprint density at radius 3 is 2.67 bits per heavy atom. The monoisotopic (exact) mass is 263 g/mol. The lowest BCUT2D eigenvalue weighted by Gasteiger charge is -2.08. The van der Waals surface area contributed by atoms with Crippen LogP contribution in [0.15, 0.2) is 29.7 Å². The van der Waals surface area contributed by atoms with E-state index in [0.717, 1.165) is 10.6 Å². The first-order valence-corrected chi connectivity index (χ1v) is 6.69. The van der Waals surface area contributed by atoms with Gasteiger partial charge < -0.3 is 5.11 Å². The fraction of sp³-hybridized carbons (Fsp3) is 0.286. The van der Waals surface area contributed by atoms with Crippen LogP contribution < -0.4 is 0 Å². The normalized spacial score (nSPS) is 12.1. The van der Waals surface area contributed by atoms with Crippen molar-refractivity contribution >= 4 is 22.6 Å². The lowest BCUT2D eigenvalue weighted by molar-refractivity contribution is 0.0695. The first-order chi connectivity index (χ1) is 8.63. The van der Waals surface area contributed by atoms with E-state index in [-0.39, 0.29) is 5.56 Å². The second-order valence-electron chi connectivity index (χ2n) is 3.59. The molecule has 1 N–H and O–H groups in total. The third kappa shape index (κ3) is 3.47. The lowest BCUT2D eigenvalue weighted by Crippen LogP contribution is -2.05. The van der Waals surface area contributed by atoms with Crippen LogP contribution in [0, 0.1) is 0 Å². The number of pyridine rings is 1. The number of rotatable bonds is 5. The van der Waals surface area contributed by atoms with Gasteiger partial charge >= 0.3 is 5.97 Å². The van der Waals surface area contributed by atoms with Gasteiger partial charge in [-0.2, -0.15) is 0 Å². The summed E-state index contributed by atoms with van der Waals surface area (Å²) < 4.78 is 0. The summed E-state index contributed by atoms with van der Waals surface area (Å²) in [5.74, 6) is -0.922. The fourth-order valence-electron chi connectivity index (χ4n) is 1.52. The summed E-state index contributed by atoms with van der Waals surface area (Å²) in [7, 11) is 0. The van der Waals surface area contributed by atoms with E-state index >= 15 is 0 Å².